The summed E-state index contributed by atoms with van der Waals surface area (Å²) in [5.41, 5.74) is 0. The molecule has 0 aromatic heterocycles. The van der Waals surface area contributed by atoms with Gasteiger partial charge in [-0.2, -0.15) is 0 Å². The molecule has 0 saturated carbocycles. The number of ether oxygens (including phenoxy) is 1. The lowest BCUT2D eigenvalue weighted by atomic mass is 10.3. The Morgan fingerprint density at radius 3 is 2.15 bits per heavy atom. The molecule has 0 aliphatic carbocycles. The van der Waals surface area contributed by atoms with Crippen LogP contribution in [-0.4, -0.2) is 100 Å². The van der Waals surface area contributed by atoms with Crippen LogP contribution in [0, 0.1) is 0 Å². The van der Waals surface area contributed by atoms with Crippen molar-refractivity contribution < 1.29 is 14.3 Å². The van der Waals surface area contributed by atoms with Crippen molar-refractivity contribution in [3.63, 3.8) is 0 Å². The van der Waals surface area contributed by atoms with E-state index in [0.29, 0.717) is 26.2 Å². The van der Waals surface area contributed by atoms with E-state index >= 15 is 0 Å². The Balaban J connectivity index is 2.18. The normalized spacial score (nSPS) is 16.9. The van der Waals surface area contributed by atoms with Gasteiger partial charge in [0, 0.05) is 53.9 Å². The predicted molar refractivity (Wildman–Crippen MR) is 76.5 cm³/mol. The van der Waals surface area contributed by atoms with Crippen LogP contribution in [0.3, 0.4) is 0 Å². The fourth-order valence-electron chi connectivity index (χ4n) is 1.99. The average molecular weight is 286 g/mol. The molecule has 0 atom stereocenters. The fraction of sp³-hybridized carbons (Fsp3) is 0.846. The zero-order valence-electron chi connectivity index (χ0n) is 12.7. The summed E-state index contributed by atoms with van der Waals surface area (Å²) in [5, 5.41) is 2.81. The number of nitrogens with zero attached hydrogens (tertiary/aromatic N) is 3. The molecule has 1 fully saturated rings. The summed E-state index contributed by atoms with van der Waals surface area (Å²) >= 11 is 0. The first kappa shape index (κ1) is 16.9. The summed E-state index contributed by atoms with van der Waals surface area (Å²) in [7, 11) is 5.15. The molecular weight excluding hydrogens is 260 g/mol. The van der Waals surface area contributed by atoms with Gasteiger partial charge in [0.05, 0.1) is 19.7 Å². The van der Waals surface area contributed by atoms with Crippen molar-refractivity contribution in [3.8, 4) is 0 Å². The highest BCUT2D eigenvalue weighted by molar-refractivity contribution is 5.78. The quantitative estimate of drug-likeness (QED) is 0.574. The lowest BCUT2D eigenvalue weighted by molar-refractivity contribution is -0.131. The van der Waals surface area contributed by atoms with Gasteiger partial charge in [-0.3, -0.25) is 19.4 Å². The van der Waals surface area contributed by atoms with Crippen molar-refractivity contribution in [2.75, 3.05) is 73.6 Å². The minimum absolute atomic E-state index is 0.0277. The van der Waals surface area contributed by atoms with Crippen LogP contribution < -0.4 is 5.32 Å². The zero-order chi connectivity index (χ0) is 15.0. The number of carbonyl (C=O) groups is 2. The molecule has 0 unspecified atom stereocenters. The Morgan fingerprint density at radius 2 is 1.65 bits per heavy atom. The second-order valence-electron chi connectivity index (χ2n) is 5.18. The molecule has 1 aliphatic heterocycles. The summed E-state index contributed by atoms with van der Waals surface area (Å²) in [6.07, 6.45) is 0. The Hall–Kier alpha value is -1.18. The molecule has 0 bridgehead atoms. The molecule has 0 aromatic rings. The maximum Gasteiger partial charge on any atom is 0.236 e. The molecular formula is C13H26N4O3. The van der Waals surface area contributed by atoms with Crippen molar-refractivity contribution in [3.05, 3.63) is 0 Å². The van der Waals surface area contributed by atoms with E-state index in [-0.39, 0.29) is 11.8 Å². The van der Waals surface area contributed by atoms with Gasteiger partial charge in [-0.25, -0.2) is 0 Å². The van der Waals surface area contributed by atoms with Crippen LogP contribution in [0.25, 0.3) is 0 Å². The number of hydrogen-bond acceptors (Lipinski definition) is 5. The van der Waals surface area contributed by atoms with Gasteiger partial charge in [0.25, 0.3) is 0 Å². The molecule has 0 aromatic carbocycles. The number of carbonyl (C=O) groups excluding carboxylic acids is 2. The van der Waals surface area contributed by atoms with Gasteiger partial charge in [-0.05, 0) is 0 Å². The SMILES string of the molecule is COCCNC(=O)CN1CCN(CC(=O)N(C)C)CC1. The largest absolute Gasteiger partial charge is 0.383 e. The van der Waals surface area contributed by atoms with Crippen LogP contribution in [0.5, 0.6) is 0 Å². The summed E-state index contributed by atoms with van der Waals surface area (Å²) in [6.45, 7) is 5.24. The predicted octanol–water partition coefficient (Wildman–Crippen LogP) is -1.55. The number of rotatable bonds is 7. The second-order valence-corrected chi connectivity index (χ2v) is 5.18. The molecule has 7 heteroatoms. The van der Waals surface area contributed by atoms with Crippen LogP contribution in [0.2, 0.25) is 0 Å². The number of nitrogens with one attached hydrogen (secondary N) is 1. The van der Waals surface area contributed by atoms with E-state index < -0.39 is 0 Å². The molecule has 2 amide bonds. The standard InChI is InChI=1S/C13H26N4O3/c1-15(2)13(19)11-17-7-5-16(6-8-17)10-12(18)14-4-9-20-3/h4-11H2,1-3H3,(H,14,18). The van der Waals surface area contributed by atoms with E-state index in [2.05, 4.69) is 15.1 Å². The lowest BCUT2D eigenvalue weighted by Gasteiger charge is -2.34. The molecule has 1 aliphatic rings. The second kappa shape index (κ2) is 8.89. The molecule has 116 valence electrons. The minimum atomic E-state index is 0.0277. The number of hydrogen-bond donors (Lipinski definition) is 1. The van der Waals surface area contributed by atoms with Crippen molar-refractivity contribution in [1.82, 2.24) is 20.0 Å². The summed E-state index contributed by atoms with van der Waals surface area (Å²) in [4.78, 5) is 29.1. The monoisotopic (exact) mass is 286 g/mol. The summed E-state index contributed by atoms with van der Waals surface area (Å²) in [6, 6.07) is 0. The number of piperazine rings is 1. The smallest absolute Gasteiger partial charge is 0.236 e. The van der Waals surface area contributed by atoms with Crippen LogP contribution in [0.1, 0.15) is 0 Å². The Kier molecular flexibility index (Phi) is 7.50. The maximum absolute atomic E-state index is 11.7. The summed E-state index contributed by atoms with van der Waals surface area (Å²) < 4.78 is 4.88. The van der Waals surface area contributed by atoms with Crippen LogP contribution >= 0.6 is 0 Å². The topological polar surface area (TPSA) is 65.1 Å². The third-order valence-corrected chi connectivity index (χ3v) is 3.32. The van der Waals surface area contributed by atoms with E-state index in [9.17, 15) is 9.59 Å². The van der Waals surface area contributed by atoms with Crippen LogP contribution in [-0.2, 0) is 14.3 Å². The highest BCUT2D eigenvalue weighted by Crippen LogP contribution is 2.01. The zero-order valence-corrected chi connectivity index (χ0v) is 12.7. The molecule has 1 saturated heterocycles. The lowest BCUT2D eigenvalue weighted by Crippen LogP contribution is -2.51. The fourth-order valence-corrected chi connectivity index (χ4v) is 1.99. The van der Waals surface area contributed by atoms with E-state index in [1.54, 1.807) is 26.1 Å². The third-order valence-electron chi connectivity index (χ3n) is 3.32. The number of likely N-dealkylation sites (N-methyl/N-ethyl adjacent to an activating group) is 1. The van der Waals surface area contributed by atoms with Gasteiger partial charge in [0.1, 0.15) is 0 Å². The maximum atomic E-state index is 11.7. The van der Waals surface area contributed by atoms with Gasteiger partial charge in [-0.1, -0.05) is 0 Å². The van der Waals surface area contributed by atoms with Gasteiger partial charge in [0.2, 0.25) is 11.8 Å². The van der Waals surface area contributed by atoms with Crippen molar-refractivity contribution in [2.24, 2.45) is 0 Å². The number of amides is 2. The van der Waals surface area contributed by atoms with Crippen molar-refractivity contribution >= 4 is 11.8 Å². The van der Waals surface area contributed by atoms with E-state index in [1.807, 2.05) is 0 Å². The van der Waals surface area contributed by atoms with Gasteiger partial charge < -0.3 is 15.0 Å². The Labute approximate surface area is 120 Å². The molecule has 0 spiro atoms. The van der Waals surface area contributed by atoms with Gasteiger partial charge >= 0.3 is 0 Å². The van der Waals surface area contributed by atoms with E-state index in [1.165, 1.54) is 0 Å². The van der Waals surface area contributed by atoms with Crippen LogP contribution in [0.15, 0.2) is 0 Å². The summed E-state index contributed by atoms with van der Waals surface area (Å²) in [5.74, 6) is 0.149. The molecule has 7 nitrogen and oxygen atoms in total. The number of methoxy groups -OCH3 is 1. The van der Waals surface area contributed by atoms with Gasteiger partial charge in [-0.15, -0.1) is 0 Å². The van der Waals surface area contributed by atoms with E-state index in [4.69, 9.17) is 4.74 Å². The Morgan fingerprint density at radius 1 is 1.10 bits per heavy atom. The molecule has 20 heavy (non-hydrogen) atoms. The van der Waals surface area contributed by atoms with E-state index in [0.717, 1.165) is 26.2 Å². The van der Waals surface area contributed by atoms with Crippen molar-refractivity contribution in [1.29, 1.82) is 0 Å². The third kappa shape index (κ3) is 6.31. The first-order chi connectivity index (χ1) is 9.52. The average Bonchev–Trinajstić information content (AvgIpc) is 2.41. The molecule has 1 N–H and O–H groups in total. The van der Waals surface area contributed by atoms with Gasteiger partial charge in [0.15, 0.2) is 0 Å². The molecule has 1 rings (SSSR count). The van der Waals surface area contributed by atoms with Crippen molar-refractivity contribution in [2.45, 2.75) is 0 Å². The molecule has 1 heterocycles. The highest BCUT2D eigenvalue weighted by atomic mass is 16.5. The first-order valence-electron chi connectivity index (χ1n) is 6.93. The molecule has 0 radical (unpaired) electrons. The highest BCUT2D eigenvalue weighted by Gasteiger charge is 2.20. The first-order valence-corrected chi connectivity index (χ1v) is 6.93. The minimum Gasteiger partial charge on any atom is -0.383 e. The Bertz CT molecular complexity index is 315. The van der Waals surface area contributed by atoms with Crippen LogP contribution in [0.4, 0.5) is 0 Å².